The lowest BCUT2D eigenvalue weighted by atomic mass is 10.1. The third-order valence-corrected chi connectivity index (χ3v) is 1.98. The monoisotopic (exact) mass is 175 g/mol. The van der Waals surface area contributed by atoms with Crippen molar-refractivity contribution in [2.45, 2.75) is 20.4 Å². The summed E-state index contributed by atoms with van der Waals surface area (Å²) in [5, 5.41) is 0. The highest BCUT2D eigenvalue weighted by atomic mass is 15.1. The summed E-state index contributed by atoms with van der Waals surface area (Å²) in [4.78, 5) is 2.18. The van der Waals surface area contributed by atoms with Crippen LogP contribution in [0, 0.1) is 0 Å². The van der Waals surface area contributed by atoms with Gasteiger partial charge in [0.25, 0.3) is 0 Å². The first-order valence-corrected chi connectivity index (χ1v) is 4.82. The molecule has 0 radical (unpaired) electrons. The highest BCUT2D eigenvalue weighted by Gasteiger charge is 2.04. The van der Waals surface area contributed by atoms with Crippen LogP contribution in [0.5, 0.6) is 0 Å². The molecule has 0 fully saturated rings. The Bertz CT molecular complexity index is 289. The van der Waals surface area contributed by atoms with Crippen LogP contribution < -0.4 is 0 Å². The number of rotatable bonds is 0. The molecule has 1 heteroatoms. The topological polar surface area (TPSA) is 3.24 Å². The molecule has 0 N–H and O–H groups in total. The smallest absolute Gasteiger partial charge is 0.0426 e. The van der Waals surface area contributed by atoms with Crippen LogP contribution >= 0.6 is 0 Å². The van der Waals surface area contributed by atoms with E-state index in [0.717, 1.165) is 6.54 Å². The zero-order valence-electron chi connectivity index (χ0n) is 8.62. The highest BCUT2D eigenvalue weighted by Crippen LogP contribution is 2.17. The zero-order valence-corrected chi connectivity index (χ0v) is 8.62. The summed E-state index contributed by atoms with van der Waals surface area (Å²) in [5.41, 5.74) is 2.77. The average Bonchev–Trinajstić information content (AvgIpc) is 2.21. The largest absolute Gasteiger partial charge is 0.376 e. The molecule has 0 aromatic heterocycles. The molecule has 0 atom stereocenters. The third kappa shape index (κ3) is 2.35. The Morgan fingerprint density at radius 1 is 1.15 bits per heavy atom. The fourth-order valence-corrected chi connectivity index (χ4v) is 1.37. The quantitative estimate of drug-likeness (QED) is 0.585. The van der Waals surface area contributed by atoms with E-state index >= 15 is 0 Å². The van der Waals surface area contributed by atoms with Gasteiger partial charge in [-0.25, -0.2) is 0 Å². The van der Waals surface area contributed by atoms with Crippen molar-refractivity contribution in [3.05, 3.63) is 41.6 Å². The van der Waals surface area contributed by atoms with E-state index in [9.17, 15) is 0 Å². The molecule has 0 unspecified atom stereocenters. The van der Waals surface area contributed by atoms with Gasteiger partial charge in [-0.2, -0.15) is 0 Å². The van der Waals surface area contributed by atoms with Crippen LogP contribution in [0.3, 0.4) is 0 Å². The molecule has 70 valence electrons. The highest BCUT2D eigenvalue weighted by molar-refractivity contribution is 5.55. The lowest BCUT2D eigenvalue weighted by molar-refractivity contribution is 0.448. The molecule has 1 aliphatic heterocycles. The third-order valence-electron chi connectivity index (χ3n) is 1.98. The van der Waals surface area contributed by atoms with Crippen LogP contribution in [0.1, 0.15) is 25.0 Å². The van der Waals surface area contributed by atoms with E-state index in [0.29, 0.717) is 0 Å². The summed E-state index contributed by atoms with van der Waals surface area (Å²) in [6.07, 6.45) is 4.27. The maximum Gasteiger partial charge on any atom is 0.0426 e. The van der Waals surface area contributed by atoms with Crippen molar-refractivity contribution >= 4 is 6.08 Å². The molecule has 1 nitrogen and oxygen atoms in total. The summed E-state index contributed by atoms with van der Waals surface area (Å²) in [6, 6.07) is 8.49. The summed E-state index contributed by atoms with van der Waals surface area (Å²) in [5.74, 6) is 0. The summed E-state index contributed by atoms with van der Waals surface area (Å²) >= 11 is 0. The Morgan fingerprint density at radius 2 is 1.85 bits per heavy atom. The van der Waals surface area contributed by atoms with Gasteiger partial charge >= 0.3 is 0 Å². The van der Waals surface area contributed by atoms with E-state index in [4.69, 9.17) is 0 Å². The Labute approximate surface area is 80.7 Å². The second-order valence-corrected chi connectivity index (χ2v) is 2.93. The van der Waals surface area contributed by atoms with Gasteiger partial charge in [0.15, 0.2) is 0 Å². The minimum Gasteiger partial charge on any atom is -0.376 e. The first-order chi connectivity index (χ1) is 6.36. The molecule has 2 rings (SSSR count). The number of benzene rings is 1. The van der Waals surface area contributed by atoms with Crippen LogP contribution in [-0.2, 0) is 6.54 Å². The molecule has 0 amide bonds. The fourth-order valence-electron chi connectivity index (χ4n) is 1.37. The van der Waals surface area contributed by atoms with Crippen molar-refractivity contribution < 1.29 is 0 Å². The minimum absolute atomic E-state index is 1.03. The molecule has 13 heavy (non-hydrogen) atoms. The lowest BCUT2D eigenvalue weighted by Crippen LogP contribution is -2.13. The second-order valence-electron chi connectivity index (χ2n) is 2.93. The summed E-state index contributed by atoms with van der Waals surface area (Å²) in [7, 11) is 2.09. The van der Waals surface area contributed by atoms with Gasteiger partial charge in [-0.05, 0) is 23.4 Å². The first kappa shape index (κ1) is 9.85. The Balaban J connectivity index is 0.000000396. The molecule has 1 heterocycles. The van der Waals surface area contributed by atoms with E-state index in [-0.39, 0.29) is 0 Å². The molecule has 0 saturated heterocycles. The van der Waals surface area contributed by atoms with Gasteiger partial charge in [-0.1, -0.05) is 38.1 Å². The van der Waals surface area contributed by atoms with E-state index in [2.05, 4.69) is 48.5 Å². The maximum absolute atomic E-state index is 2.18. The van der Waals surface area contributed by atoms with Gasteiger partial charge in [0, 0.05) is 13.6 Å². The Morgan fingerprint density at radius 3 is 2.62 bits per heavy atom. The summed E-state index contributed by atoms with van der Waals surface area (Å²) < 4.78 is 0. The van der Waals surface area contributed by atoms with Gasteiger partial charge in [0.05, 0.1) is 0 Å². The van der Waals surface area contributed by atoms with Gasteiger partial charge in [-0.15, -0.1) is 0 Å². The van der Waals surface area contributed by atoms with Gasteiger partial charge in [0.2, 0.25) is 0 Å². The average molecular weight is 175 g/mol. The van der Waals surface area contributed by atoms with Crippen LogP contribution in [0.4, 0.5) is 0 Å². The fraction of sp³-hybridized carbons (Fsp3) is 0.333. The van der Waals surface area contributed by atoms with Crippen molar-refractivity contribution in [3.8, 4) is 0 Å². The number of hydrogen-bond donors (Lipinski definition) is 0. The Hall–Kier alpha value is -1.24. The van der Waals surface area contributed by atoms with Crippen molar-refractivity contribution in [1.29, 1.82) is 0 Å². The van der Waals surface area contributed by atoms with Crippen LogP contribution in [-0.4, -0.2) is 11.9 Å². The lowest BCUT2D eigenvalue weighted by Gasteiger charge is -2.20. The first-order valence-electron chi connectivity index (χ1n) is 4.82. The van der Waals surface area contributed by atoms with E-state index in [1.165, 1.54) is 11.1 Å². The standard InChI is InChI=1S/C10H11N.C2H6/c1-11-7-6-9-4-2-3-5-10(9)8-11;1-2/h2-7H,8H2,1H3;1-2H3. The molecule has 1 aromatic rings. The second kappa shape index (κ2) is 4.70. The molecule has 0 saturated carbocycles. The van der Waals surface area contributed by atoms with Gasteiger partial charge in [0.1, 0.15) is 0 Å². The van der Waals surface area contributed by atoms with Crippen LogP contribution in [0.15, 0.2) is 30.5 Å². The molecule has 0 bridgehead atoms. The van der Waals surface area contributed by atoms with Crippen LogP contribution in [0.25, 0.3) is 6.08 Å². The maximum atomic E-state index is 2.18. The molecule has 0 aliphatic carbocycles. The van der Waals surface area contributed by atoms with Crippen molar-refractivity contribution in [3.63, 3.8) is 0 Å². The zero-order chi connectivity index (χ0) is 9.68. The van der Waals surface area contributed by atoms with E-state index in [1.807, 2.05) is 13.8 Å². The van der Waals surface area contributed by atoms with Crippen molar-refractivity contribution in [1.82, 2.24) is 4.90 Å². The Kier molecular flexibility index (Phi) is 3.56. The van der Waals surface area contributed by atoms with Crippen molar-refractivity contribution in [2.24, 2.45) is 0 Å². The van der Waals surface area contributed by atoms with Gasteiger partial charge < -0.3 is 4.90 Å². The molecular weight excluding hydrogens is 158 g/mol. The normalized spacial score (nSPS) is 13.0. The summed E-state index contributed by atoms with van der Waals surface area (Å²) in [6.45, 7) is 5.03. The molecular formula is C12H17N. The number of nitrogens with zero attached hydrogens (tertiary/aromatic N) is 1. The number of fused-ring (bicyclic) bond motifs is 1. The van der Waals surface area contributed by atoms with Crippen LogP contribution in [0.2, 0.25) is 0 Å². The van der Waals surface area contributed by atoms with Crippen molar-refractivity contribution in [2.75, 3.05) is 7.05 Å². The van der Waals surface area contributed by atoms with E-state index < -0.39 is 0 Å². The predicted octanol–water partition coefficient (Wildman–Crippen LogP) is 3.13. The number of hydrogen-bond acceptors (Lipinski definition) is 1. The molecule has 1 aliphatic rings. The van der Waals surface area contributed by atoms with Gasteiger partial charge in [-0.3, -0.25) is 0 Å². The minimum atomic E-state index is 1.03. The molecule has 1 aromatic carbocycles. The van der Waals surface area contributed by atoms with E-state index in [1.54, 1.807) is 0 Å². The molecule has 0 spiro atoms. The SMILES string of the molecule is CC.CN1C=Cc2ccccc2C1. The predicted molar refractivity (Wildman–Crippen MR) is 58.3 cm³/mol.